The second-order valence-electron chi connectivity index (χ2n) is 2.05. The molecule has 0 bridgehead atoms. The van der Waals surface area contributed by atoms with Crippen LogP contribution in [0.25, 0.3) is 5.00 Å². The van der Waals surface area contributed by atoms with Crippen molar-refractivity contribution in [2.24, 2.45) is 0 Å². The summed E-state index contributed by atoms with van der Waals surface area (Å²) in [6.07, 6.45) is 5.39. The number of rotatable bonds is 1. The van der Waals surface area contributed by atoms with Crippen LogP contribution in [-0.4, -0.2) is 9.55 Å². The van der Waals surface area contributed by atoms with Crippen LogP contribution >= 0.6 is 22.9 Å². The summed E-state index contributed by atoms with van der Waals surface area (Å²) in [4.78, 5) is 3.93. The smallest absolute Gasteiger partial charge is 0.102 e. The van der Waals surface area contributed by atoms with Crippen LogP contribution < -0.4 is 0 Å². The molecular formula is C7H5ClN2S. The minimum atomic E-state index is 0.800. The highest BCUT2D eigenvalue weighted by atomic mass is 35.5. The van der Waals surface area contributed by atoms with Gasteiger partial charge in [0, 0.05) is 12.4 Å². The molecule has 0 aliphatic rings. The van der Waals surface area contributed by atoms with Gasteiger partial charge in [0.05, 0.1) is 10.7 Å². The molecule has 0 spiro atoms. The lowest BCUT2D eigenvalue weighted by Gasteiger charge is -1.92. The number of thiophene rings is 1. The van der Waals surface area contributed by atoms with Crippen LogP contribution in [0, 0.1) is 0 Å². The van der Waals surface area contributed by atoms with Crippen molar-refractivity contribution in [1.29, 1.82) is 0 Å². The minimum Gasteiger partial charge on any atom is -0.297 e. The molecule has 0 aliphatic heterocycles. The van der Waals surface area contributed by atoms with Gasteiger partial charge in [-0.05, 0) is 12.1 Å². The average molecular weight is 185 g/mol. The van der Waals surface area contributed by atoms with Crippen molar-refractivity contribution in [1.82, 2.24) is 9.55 Å². The maximum atomic E-state index is 5.76. The molecule has 2 nitrogen and oxygen atoms in total. The van der Waals surface area contributed by atoms with Gasteiger partial charge in [-0.3, -0.25) is 4.57 Å². The zero-order valence-electron chi connectivity index (χ0n) is 5.57. The quantitative estimate of drug-likeness (QED) is 0.666. The van der Waals surface area contributed by atoms with Crippen molar-refractivity contribution >= 4 is 22.9 Å². The molecule has 0 radical (unpaired) electrons. The van der Waals surface area contributed by atoms with Crippen molar-refractivity contribution < 1.29 is 0 Å². The molecule has 0 saturated heterocycles. The summed E-state index contributed by atoms with van der Waals surface area (Å²) in [6.45, 7) is 0. The number of nitrogens with zero attached hydrogens (tertiary/aromatic N) is 2. The van der Waals surface area contributed by atoms with Gasteiger partial charge in [0.15, 0.2) is 0 Å². The fourth-order valence-electron chi connectivity index (χ4n) is 0.833. The standard InChI is InChI=1S/C7H5ClN2S/c8-6-1-2-7(11-6)10-4-3-9-5-10/h1-5H. The third kappa shape index (κ3) is 1.29. The van der Waals surface area contributed by atoms with E-state index >= 15 is 0 Å². The Morgan fingerprint density at radius 1 is 1.45 bits per heavy atom. The van der Waals surface area contributed by atoms with Crippen molar-refractivity contribution in [2.45, 2.75) is 0 Å². The van der Waals surface area contributed by atoms with Crippen LogP contribution in [0.1, 0.15) is 0 Å². The summed E-state index contributed by atoms with van der Waals surface area (Å²) >= 11 is 7.30. The zero-order chi connectivity index (χ0) is 7.68. The largest absolute Gasteiger partial charge is 0.297 e. The van der Waals surface area contributed by atoms with E-state index in [4.69, 9.17) is 11.6 Å². The van der Waals surface area contributed by atoms with Gasteiger partial charge in [-0.2, -0.15) is 0 Å². The number of hydrogen-bond donors (Lipinski definition) is 0. The van der Waals surface area contributed by atoms with Gasteiger partial charge in [0.1, 0.15) is 5.00 Å². The van der Waals surface area contributed by atoms with E-state index in [1.54, 1.807) is 12.5 Å². The molecule has 0 atom stereocenters. The number of aromatic nitrogens is 2. The molecule has 2 rings (SSSR count). The summed E-state index contributed by atoms with van der Waals surface area (Å²) in [5.41, 5.74) is 0. The van der Waals surface area contributed by atoms with E-state index in [1.165, 1.54) is 11.3 Å². The van der Waals surface area contributed by atoms with Gasteiger partial charge in [-0.15, -0.1) is 11.3 Å². The van der Waals surface area contributed by atoms with E-state index in [2.05, 4.69) is 4.98 Å². The SMILES string of the molecule is Clc1ccc(-n2ccnc2)s1. The Bertz CT molecular complexity index is 339. The molecule has 2 heterocycles. The summed E-state index contributed by atoms with van der Waals surface area (Å²) in [7, 11) is 0. The Hall–Kier alpha value is -0.800. The lowest BCUT2D eigenvalue weighted by atomic mass is 10.6. The Morgan fingerprint density at radius 2 is 2.36 bits per heavy atom. The Balaban J connectivity index is 2.45. The normalized spacial score (nSPS) is 10.3. The van der Waals surface area contributed by atoms with Crippen molar-refractivity contribution in [3.63, 3.8) is 0 Å². The highest BCUT2D eigenvalue weighted by Gasteiger charge is 1.97. The molecule has 2 aromatic rings. The van der Waals surface area contributed by atoms with Crippen molar-refractivity contribution in [3.05, 3.63) is 35.2 Å². The van der Waals surface area contributed by atoms with Gasteiger partial charge in [-0.25, -0.2) is 4.98 Å². The van der Waals surface area contributed by atoms with Crippen molar-refractivity contribution in [3.8, 4) is 5.00 Å². The summed E-state index contributed by atoms with van der Waals surface area (Å²) in [6, 6.07) is 3.84. The molecular weight excluding hydrogens is 180 g/mol. The molecule has 2 aromatic heterocycles. The average Bonchev–Trinajstić information content (AvgIpc) is 2.55. The minimum absolute atomic E-state index is 0.800. The predicted molar refractivity (Wildman–Crippen MR) is 46.5 cm³/mol. The monoisotopic (exact) mass is 184 g/mol. The van der Waals surface area contributed by atoms with Crippen LogP contribution in [-0.2, 0) is 0 Å². The van der Waals surface area contributed by atoms with E-state index in [-0.39, 0.29) is 0 Å². The number of imidazole rings is 1. The molecule has 0 unspecified atom stereocenters. The Labute approximate surface area is 73.1 Å². The topological polar surface area (TPSA) is 17.8 Å². The molecule has 0 aromatic carbocycles. The molecule has 0 N–H and O–H groups in total. The summed E-state index contributed by atoms with van der Waals surface area (Å²) in [5.74, 6) is 0. The summed E-state index contributed by atoms with van der Waals surface area (Å²) in [5, 5.41) is 1.09. The van der Waals surface area contributed by atoms with Gasteiger partial charge in [-0.1, -0.05) is 11.6 Å². The third-order valence-electron chi connectivity index (χ3n) is 1.32. The molecule has 0 amide bonds. The Morgan fingerprint density at radius 3 is 2.91 bits per heavy atom. The predicted octanol–water partition coefficient (Wildman–Crippen LogP) is 2.59. The molecule has 0 aliphatic carbocycles. The van der Waals surface area contributed by atoms with E-state index in [0.29, 0.717) is 0 Å². The molecule has 56 valence electrons. The van der Waals surface area contributed by atoms with E-state index in [0.717, 1.165) is 9.34 Å². The van der Waals surface area contributed by atoms with Gasteiger partial charge < -0.3 is 0 Å². The van der Waals surface area contributed by atoms with E-state index in [1.807, 2.05) is 22.9 Å². The molecule has 4 heteroatoms. The maximum absolute atomic E-state index is 5.76. The molecule has 11 heavy (non-hydrogen) atoms. The molecule has 0 saturated carbocycles. The van der Waals surface area contributed by atoms with Crippen LogP contribution in [0.15, 0.2) is 30.9 Å². The first kappa shape index (κ1) is 6.88. The van der Waals surface area contributed by atoms with Crippen LogP contribution in [0.4, 0.5) is 0 Å². The second-order valence-corrected chi connectivity index (χ2v) is 3.74. The molecule has 0 fully saturated rings. The Kier molecular flexibility index (Phi) is 1.68. The van der Waals surface area contributed by atoms with Crippen LogP contribution in [0.2, 0.25) is 4.34 Å². The summed E-state index contributed by atoms with van der Waals surface area (Å²) < 4.78 is 2.73. The number of halogens is 1. The van der Waals surface area contributed by atoms with Crippen molar-refractivity contribution in [2.75, 3.05) is 0 Å². The lowest BCUT2D eigenvalue weighted by Crippen LogP contribution is -1.82. The highest BCUT2D eigenvalue weighted by Crippen LogP contribution is 2.24. The second kappa shape index (κ2) is 2.68. The fraction of sp³-hybridized carbons (Fsp3) is 0. The van der Waals surface area contributed by atoms with Crippen LogP contribution in [0.3, 0.4) is 0 Å². The number of hydrogen-bond acceptors (Lipinski definition) is 2. The van der Waals surface area contributed by atoms with Crippen LogP contribution in [0.5, 0.6) is 0 Å². The third-order valence-corrected chi connectivity index (χ3v) is 2.56. The first-order valence-electron chi connectivity index (χ1n) is 3.10. The van der Waals surface area contributed by atoms with Gasteiger partial charge >= 0.3 is 0 Å². The fourth-order valence-corrected chi connectivity index (χ4v) is 1.82. The first-order valence-corrected chi connectivity index (χ1v) is 4.29. The highest BCUT2D eigenvalue weighted by molar-refractivity contribution is 7.18. The van der Waals surface area contributed by atoms with Gasteiger partial charge in [0.2, 0.25) is 0 Å². The maximum Gasteiger partial charge on any atom is 0.102 e. The zero-order valence-corrected chi connectivity index (χ0v) is 7.14. The lowest BCUT2D eigenvalue weighted by molar-refractivity contribution is 1.09. The van der Waals surface area contributed by atoms with E-state index in [9.17, 15) is 0 Å². The van der Waals surface area contributed by atoms with Gasteiger partial charge in [0.25, 0.3) is 0 Å². The van der Waals surface area contributed by atoms with E-state index < -0.39 is 0 Å². The first-order chi connectivity index (χ1) is 5.36.